The Balaban J connectivity index is 1.25. The smallest absolute Gasteiger partial charge is 0.0547 e. The molecule has 10 aromatic carbocycles. The molecular weight excluding hydrogens is 639 g/mol. The van der Waals surface area contributed by atoms with Crippen LogP contribution in [0.4, 0.5) is 0 Å². The fraction of sp³-hybridized carbons (Fsp3) is 0. The van der Waals surface area contributed by atoms with Crippen molar-refractivity contribution in [2.75, 3.05) is 0 Å². The van der Waals surface area contributed by atoms with E-state index < -0.39 is 0 Å². The molecule has 11 aromatic rings. The molecule has 1 nitrogen and oxygen atoms in total. The number of nitrogens with zero attached hydrogens (tertiary/aromatic N) is 1. The molecule has 0 saturated heterocycles. The van der Waals surface area contributed by atoms with Gasteiger partial charge in [0.1, 0.15) is 0 Å². The first-order chi connectivity index (χ1) is 26.3. The molecule has 0 N–H and O–H groups in total. The van der Waals surface area contributed by atoms with Gasteiger partial charge >= 0.3 is 0 Å². The van der Waals surface area contributed by atoms with Crippen LogP contribution in [-0.4, -0.2) is 4.57 Å². The van der Waals surface area contributed by atoms with Crippen molar-refractivity contribution < 1.29 is 0 Å². The van der Waals surface area contributed by atoms with Gasteiger partial charge in [-0.25, -0.2) is 0 Å². The first-order valence-corrected chi connectivity index (χ1v) is 18.3. The second-order valence-corrected chi connectivity index (χ2v) is 14.1. The number of rotatable bonds is 4. The van der Waals surface area contributed by atoms with Gasteiger partial charge in [-0.1, -0.05) is 158 Å². The monoisotopic (exact) mass is 671 g/mol. The zero-order valence-electron chi connectivity index (χ0n) is 29.0. The summed E-state index contributed by atoms with van der Waals surface area (Å²) >= 11 is 0. The molecule has 0 unspecified atom stereocenters. The van der Waals surface area contributed by atoms with E-state index in [1.807, 2.05) is 0 Å². The summed E-state index contributed by atoms with van der Waals surface area (Å²) in [6.45, 7) is 0. The van der Waals surface area contributed by atoms with Crippen LogP contribution < -0.4 is 0 Å². The van der Waals surface area contributed by atoms with Crippen LogP contribution in [0, 0.1) is 0 Å². The highest BCUT2D eigenvalue weighted by molar-refractivity contribution is 6.23. The molecule has 0 aliphatic rings. The molecule has 0 spiro atoms. The first kappa shape index (κ1) is 29.7. The second kappa shape index (κ2) is 11.8. The van der Waals surface area contributed by atoms with E-state index in [0.29, 0.717) is 0 Å². The molecule has 0 amide bonds. The minimum atomic E-state index is 1.17. The number of para-hydroxylation sites is 2. The molecule has 0 saturated carbocycles. The molecule has 0 atom stereocenters. The number of benzene rings is 10. The van der Waals surface area contributed by atoms with Gasteiger partial charge in [0.15, 0.2) is 0 Å². The van der Waals surface area contributed by atoms with E-state index in [4.69, 9.17) is 0 Å². The van der Waals surface area contributed by atoms with Crippen LogP contribution >= 0.6 is 0 Å². The van der Waals surface area contributed by atoms with Crippen LogP contribution in [0.15, 0.2) is 200 Å². The van der Waals surface area contributed by atoms with E-state index in [-0.39, 0.29) is 0 Å². The Labute approximate surface area is 307 Å². The molecule has 1 heterocycles. The number of hydrogen-bond donors (Lipinski definition) is 0. The minimum Gasteiger partial charge on any atom is -0.309 e. The Morgan fingerprint density at radius 2 is 0.792 bits per heavy atom. The Bertz CT molecular complexity index is 3220. The zero-order valence-corrected chi connectivity index (χ0v) is 29.0. The van der Waals surface area contributed by atoms with Crippen LogP contribution in [0.2, 0.25) is 0 Å². The van der Waals surface area contributed by atoms with Crippen molar-refractivity contribution in [1.82, 2.24) is 4.57 Å². The molecular formula is C52H33N. The summed E-state index contributed by atoms with van der Waals surface area (Å²) in [4.78, 5) is 0. The number of fused-ring (bicyclic) bond motifs is 7. The number of hydrogen-bond acceptors (Lipinski definition) is 0. The highest BCUT2D eigenvalue weighted by atomic mass is 15.0. The van der Waals surface area contributed by atoms with Crippen LogP contribution in [0.1, 0.15) is 0 Å². The van der Waals surface area contributed by atoms with E-state index >= 15 is 0 Å². The second-order valence-electron chi connectivity index (χ2n) is 14.1. The molecule has 0 fully saturated rings. The van der Waals surface area contributed by atoms with Gasteiger partial charge in [-0.2, -0.15) is 0 Å². The van der Waals surface area contributed by atoms with Gasteiger partial charge in [0.2, 0.25) is 0 Å². The average Bonchev–Trinajstić information content (AvgIpc) is 3.57. The maximum absolute atomic E-state index is 2.46. The van der Waals surface area contributed by atoms with Gasteiger partial charge in [0.25, 0.3) is 0 Å². The van der Waals surface area contributed by atoms with Crippen LogP contribution in [0.3, 0.4) is 0 Å². The summed E-state index contributed by atoms with van der Waals surface area (Å²) in [5.74, 6) is 0. The first-order valence-electron chi connectivity index (χ1n) is 18.3. The zero-order chi connectivity index (χ0) is 34.9. The molecule has 1 aromatic heterocycles. The highest BCUT2D eigenvalue weighted by Crippen LogP contribution is 2.47. The predicted molar refractivity (Wildman–Crippen MR) is 227 cm³/mol. The van der Waals surface area contributed by atoms with Gasteiger partial charge in [-0.05, 0) is 119 Å². The van der Waals surface area contributed by atoms with Crippen molar-refractivity contribution in [3.63, 3.8) is 0 Å². The fourth-order valence-corrected chi connectivity index (χ4v) is 8.77. The lowest BCUT2D eigenvalue weighted by molar-refractivity contribution is 1.18. The summed E-state index contributed by atoms with van der Waals surface area (Å²) in [6.07, 6.45) is 0. The topological polar surface area (TPSA) is 4.93 Å². The predicted octanol–water partition coefficient (Wildman–Crippen LogP) is 14.4. The van der Waals surface area contributed by atoms with E-state index in [1.165, 1.54) is 104 Å². The van der Waals surface area contributed by atoms with E-state index in [2.05, 4.69) is 205 Å². The van der Waals surface area contributed by atoms with Crippen molar-refractivity contribution in [1.29, 1.82) is 0 Å². The summed E-state index contributed by atoms with van der Waals surface area (Å²) in [5, 5.41) is 12.6. The van der Waals surface area contributed by atoms with Gasteiger partial charge in [0.05, 0.1) is 11.0 Å². The van der Waals surface area contributed by atoms with E-state index in [0.717, 1.165) is 0 Å². The van der Waals surface area contributed by atoms with Crippen molar-refractivity contribution in [2.24, 2.45) is 0 Å². The normalized spacial score (nSPS) is 11.8. The van der Waals surface area contributed by atoms with Crippen molar-refractivity contribution in [3.8, 4) is 39.1 Å². The molecule has 0 aliphatic heterocycles. The molecule has 1 heteroatoms. The largest absolute Gasteiger partial charge is 0.309 e. The summed E-state index contributed by atoms with van der Waals surface area (Å²) in [7, 11) is 0. The Kier molecular flexibility index (Phi) is 6.62. The highest BCUT2D eigenvalue weighted by Gasteiger charge is 2.20. The third kappa shape index (κ3) is 4.64. The van der Waals surface area contributed by atoms with Crippen LogP contribution in [-0.2, 0) is 0 Å². The molecule has 11 rings (SSSR count). The van der Waals surface area contributed by atoms with Crippen LogP contribution in [0.5, 0.6) is 0 Å². The summed E-state index contributed by atoms with van der Waals surface area (Å²) in [6, 6.07) is 73.7. The summed E-state index contributed by atoms with van der Waals surface area (Å²) in [5.41, 5.74) is 11.0. The van der Waals surface area contributed by atoms with E-state index in [1.54, 1.807) is 0 Å². The average molecular weight is 672 g/mol. The summed E-state index contributed by atoms with van der Waals surface area (Å²) < 4.78 is 2.40. The Hall–Kier alpha value is -6.96. The maximum Gasteiger partial charge on any atom is 0.0547 e. The van der Waals surface area contributed by atoms with Crippen molar-refractivity contribution in [3.05, 3.63) is 200 Å². The Morgan fingerprint density at radius 1 is 0.283 bits per heavy atom. The van der Waals surface area contributed by atoms with Crippen molar-refractivity contribution >= 4 is 64.9 Å². The molecule has 53 heavy (non-hydrogen) atoms. The maximum atomic E-state index is 2.46. The van der Waals surface area contributed by atoms with Gasteiger partial charge < -0.3 is 4.57 Å². The molecule has 0 aliphatic carbocycles. The molecule has 246 valence electrons. The number of aromatic nitrogens is 1. The van der Waals surface area contributed by atoms with Gasteiger partial charge in [-0.15, -0.1) is 0 Å². The van der Waals surface area contributed by atoms with Gasteiger partial charge in [-0.3, -0.25) is 0 Å². The fourth-order valence-electron chi connectivity index (χ4n) is 8.77. The Morgan fingerprint density at radius 3 is 1.47 bits per heavy atom. The lowest BCUT2D eigenvalue weighted by atomic mass is 9.84. The lowest BCUT2D eigenvalue weighted by Crippen LogP contribution is -1.93. The molecule has 0 radical (unpaired) electrons. The standard InChI is InChI=1S/C52H33N/c1-2-17-41(18-3-1)53-48-23-11-10-21-46(48)52-42(22-12-24-49(52)53)38-29-30-45-47(33-38)51(40-28-26-35-14-5-7-16-37(35)32-40)44-20-9-8-19-43(44)50(45)39-27-25-34-13-4-6-15-36(34)31-39/h1-33H. The third-order valence-corrected chi connectivity index (χ3v) is 11.1. The molecule has 0 bridgehead atoms. The lowest BCUT2D eigenvalue weighted by Gasteiger charge is -2.19. The van der Waals surface area contributed by atoms with Crippen molar-refractivity contribution in [2.45, 2.75) is 0 Å². The third-order valence-electron chi connectivity index (χ3n) is 11.1. The van der Waals surface area contributed by atoms with Gasteiger partial charge in [0, 0.05) is 16.5 Å². The minimum absolute atomic E-state index is 1.17. The quantitative estimate of drug-likeness (QED) is 0.164. The van der Waals surface area contributed by atoms with Crippen LogP contribution in [0.25, 0.3) is 104 Å². The van der Waals surface area contributed by atoms with E-state index in [9.17, 15) is 0 Å². The SMILES string of the molecule is c1ccc(-n2c3ccccc3c3c(-c4ccc5c(-c6ccc7ccccc7c6)c6ccccc6c(-c6ccc7ccccc7c6)c5c4)cccc32)cc1.